The Morgan fingerprint density at radius 1 is 0.900 bits per heavy atom. The third kappa shape index (κ3) is 5.28. The molecule has 0 amide bonds. The third-order valence-electron chi connectivity index (χ3n) is 12.7. The zero-order valence-corrected chi connectivity index (χ0v) is 25.8. The van der Waals surface area contributed by atoms with Crippen molar-refractivity contribution >= 4 is 0 Å². The molecule has 4 aliphatic carbocycles. The van der Waals surface area contributed by atoms with E-state index < -0.39 is 37.3 Å². The summed E-state index contributed by atoms with van der Waals surface area (Å²) in [5, 5.41) is 40.3. The second-order valence-electron chi connectivity index (χ2n) is 15.1. The maximum atomic E-state index is 10.5. The summed E-state index contributed by atoms with van der Waals surface area (Å²) >= 11 is 0. The molecule has 13 atom stereocenters. The number of aliphatic hydroxyl groups excluding tert-OH is 4. The van der Waals surface area contributed by atoms with Gasteiger partial charge in [0.1, 0.15) is 24.4 Å². The van der Waals surface area contributed by atoms with Crippen LogP contribution < -0.4 is 0 Å². The second-order valence-corrected chi connectivity index (χ2v) is 15.1. The van der Waals surface area contributed by atoms with Crippen LogP contribution in [0.2, 0.25) is 0 Å². The second kappa shape index (κ2) is 11.7. The largest absolute Gasteiger partial charge is 0.394 e. The van der Waals surface area contributed by atoms with Crippen molar-refractivity contribution in [3.05, 3.63) is 23.3 Å². The van der Waals surface area contributed by atoms with Crippen LogP contribution in [0.25, 0.3) is 0 Å². The molecule has 1 heterocycles. The first-order valence-electron chi connectivity index (χ1n) is 16.3. The normalized spacial score (nSPS) is 46.6. The van der Waals surface area contributed by atoms with Crippen LogP contribution in [0.4, 0.5) is 0 Å². The van der Waals surface area contributed by atoms with Crippen molar-refractivity contribution in [2.24, 2.45) is 46.3 Å². The molecule has 0 aromatic heterocycles. The Labute approximate surface area is 242 Å². The Balaban J connectivity index is 1.27. The molecule has 4 fully saturated rings. The molecular weight excluding hydrogens is 504 g/mol. The van der Waals surface area contributed by atoms with E-state index in [0.29, 0.717) is 17.3 Å². The smallest absolute Gasteiger partial charge is 0.186 e. The standard InChI is InChI=1S/C34H56O6/c1-19(2)20(3)7-8-21(4)25-11-12-26-24-10-9-22-17-23(13-15-33(22,5)27(24)14-16-34(25,26)6)39-32-31(38)30(37)29(36)28(18-35)40-32/h9-10,19-21,23,25-32,35-38H,7-8,11-18H2,1-6H3/t20-,21+,23-,25+,26-,27-,28+,29+,30-,31+,32+,33-,34+/m0/s1. The molecule has 3 saturated carbocycles. The Kier molecular flexibility index (Phi) is 9.00. The molecule has 1 aliphatic heterocycles. The molecule has 0 bridgehead atoms. The topological polar surface area (TPSA) is 99.4 Å². The first-order chi connectivity index (χ1) is 18.9. The summed E-state index contributed by atoms with van der Waals surface area (Å²) in [5.41, 5.74) is 3.68. The highest BCUT2D eigenvalue weighted by molar-refractivity contribution is 5.39. The van der Waals surface area contributed by atoms with E-state index in [1.165, 1.54) is 44.1 Å². The lowest BCUT2D eigenvalue weighted by Gasteiger charge is -2.55. The number of ether oxygens (including phenoxy) is 2. The molecule has 6 nitrogen and oxygen atoms in total. The molecule has 0 aromatic rings. The lowest BCUT2D eigenvalue weighted by atomic mass is 9.50. The minimum Gasteiger partial charge on any atom is -0.394 e. The van der Waals surface area contributed by atoms with Gasteiger partial charge in [-0.1, -0.05) is 77.7 Å². The van der Waals surface area contributed by atoms with Crippen LogP contribution in [-0.4, -0.2) is 63.8 Å². The monoisotopic (exact) mass is 560 g/mol. The minimum atomic E-state index is -1.41. The number of hydrogen-bond acceptors (Lipinski definition) is 6. The SMILES string of the molecule is CC(C)[C@@H](C)CC[C@@H](C)[C@H]1CC[C@H]2C3=CC=C4C[C@@H](O[C@@H]5O[C@H](CO)[C@@H](O)[C@H](O)[C@H]5O)CC[C@]4(C)[C@H]3CC[C@]12C. The lowest BCUT2D eigenvalue weighted by Crippen LogP contribution is -2.60. The van der Waals surface area contributed by atoms with Gasteiger partial charge >= 0.3 is 0 Å². The minimum absolute atomic E-state index is 0.130. The molecule has 228 valence electrons. The van der Waals surface area contributed by atoms with Crippen molar-refractivity contribution in [1.29, 1.82) is 0 Å². The number of fused-ring (bicyclic) bond motifs is 5. The van der Waals surface area contributed by atoms with Crippen LogP contribution >= 0.6 is 0 Å². The van der Waals surface area contributed by atoms with Crippen molar-refractivity contribution in [1.82, 2.24) is 0 Å². The fourth-order valence-corrected chi connectivity index (χ4v) is 9.49. The summed E-state index contributed by atoms with van der Waals surface area (Å²) < 4.78 is 11.8. The van der Waals surface area contributed by atoms with Crippen molar-refractivity contribution in [2.75, 3.05) is 6.61 Å². The van der Waals surface area contributed by atoms with E-state index in [2.05, 4.69) is 53.7 Å². The molecule has 4 N–H and O–H groups in total. The van der Waals surface area contributed by atoms with Gasteiger partial charge in [-0.05, 0) is 91.3 Å². The van der Waals surface area contributed by atoms with Gasteiger partial charge in [-0.15, -0.1) is 0 Å². The van der Waals surface area contributed by atoms with Gasteiger partial charge in [0.2, 0.25) is 0 Å². The summed E-state index contributed by atoms with van der Waals surface area (Å²) in [6.45, 7) is 14.3. The van der Waals surface area contributed by atoms with Gasteiger partial charge in [0, 0.05) is 0 Å². The Hall–Kier alpha value is -0.760. The molecule has 5 aliphatic rings. The van der Waals surface area contributed by atoms with Gasteiger partial charge < -0.3 is 29.9 Å². The average Bonchev–Trinajstić information content (AvgIpc) is 3.29. The molecular formula is C34H56O6. The van der Waals surface area contributed by atoms with Gasteiger partial charge in [-0.25, -0.2) is 0 Å². The van der Waals surface area contributed by atoms with E-state index in [-0.39, 0.29) is 11.5 Å². The van der Waals surface area contributed by atoms with Crippen LogP contribution in [0.1, 0.15) is 99.3 Å². The Morgan fingerprint density at radius 3 is 2.35 bits per heavy atom. The predicted molar refractivity (Wildman–Crippen MR) is 156 cm³/mol. The Morgan fingerprint density at radius 2 is 1.65 bits per heavy atom. The molecule has 6 heteroatoms. The lowest BCUT2D eigenvalue weighted by molar-refractivity contribution is -0.312. The van der Waals surface area contributed by atoms with E-state index in [4.69, 9.17) is 9.47 Å². The summed E-state index contributed by atoms with van der Waals surface area (Å²) in [6, 6.07) is 0. The number of rotatable bonds is 8. The van der Waals surface area contributed by atoms with E-state index in [1.807, 2.05) is 0 Å². The number of aliphatic hydroxyl groups is 4. The summed E-state index contributed by atoms with van der Waals surface area (Å²) in [6.07, 6.45) is 9.24. The average molecular weight is 561 g/mol. The zero-order valence-electron chi connectivity index (χ0n) is 25.8. The molecule has 40 heavy (non-hydrogen) atoms. The van der Waals surface area contributed by atoms with Crippen LogP contribution in [0, 0.1) is 46.3 Å². The summed E-state index contributed by atoms with van der Waals surface area (Å²) in [4.78, 5) is 0. The first-order valence-corrected chi connectivity index (χ1v) is 16.3. The van der Waals surface area contributed by atoms with Crippen LogP contribution in [-0.2, 0) is 9.47 Å². The van der Waals surface area contributed by atoms with Crippen molar-refractivity contribution < 1.29 is 29.9 Å². The van der Waals surface area contributed by atoms with E-state index in [0.717, 1.165) is 42.9 Å². The zero-order chi connectivity index (χ0) is 29.0. The molecule has 0 spiro atoms. The Bertz CT molecular complexity index is 958. The molecule has 0 aromatic carbocycles. The molecule has 0 radical (unpaired) electrons. The van der Waals surface area contributed by atoms with E-state index >= 15 is 0 Å². The van der Waals surface area contributed by atoms with Gasteiger partial charge in [0.15, 0.2) is 6.29 Å². The van der Waals surface area contributed by atoms with E-state index in [1.54, 1.807) is 5.57 Å². The van der Waals surface area contributed by atoms with Crippen LogP contribution in [0.3, 0.4) is 0 Å². The highest BCUT2D eigenvalue weighted by Gasteiger charge is 2.57. The van der Waals surface area contributed by atoms with Crippen molar-refractivity contribution in [3.63, 3.8) is 0 Å². The maximum absolute atomic E-state index is 10.5. The van der Waals surface area contributed by atoms with Crippen molar-refractivity contribution in [3.8, 4) is 0 Å². The van der Waals surface area contributed by atoms with Gasteiger partial charge in [-0.2, -0.15) is 0 Å². The summed E-state index contributed by atoms with van der Waals surface area (Å²) in [7, 11) is 0. The van der Waals surface area contributed by atoms with E-state index in [9.17, 15) is 20.4 Å². The number of hydrogen-bond donors (Lipinski definition) is 4. The van der Waals surface area contributed by atoms with Crippen LogP contribution in [0.5, 0.6) is 0 Å². The predicted octanol–water partition coefficient (Wildman–Crippen LogP) is 5.38. The van der Waals surface area contributed by atoms with Crippen LogP contribution in [0.15, 0.2) is 23.3 Å². The first kappa shape index (κ1) is 30.7. The van der Waals surface area contributed by atoms with Gasteiger partial charge in [-0.3, -0.25) is 0 Å². The third-order valence-corrected chi connectivity index (χ3v) is 12.7. The number of allylic oxidation sites excluding steroid dienone is 3. The molecule has 0 unspecified atom stereocenters. The molecule has 5 rings (SSSR count). The fraction of sp³-hybridized carbons (Fsp3) is 0.882. The summed E-state index contributed by atoms with van der Waals surface area (Å²) in [5.74, 6) is 4.45. The highest BCUT2D eigenvalue weighted by Crippen LogP contribution is 2.66. The highest BCUT2D eigenvalue weighted by atomic mass is 16.7. The van der Waals surface area contributed by atoms with Gasteiger partial charge in [0.05, 0.1) is 12.7 Å². The quantitative estimate of drug-likeness (QED) is 0.318. The van der Waals surface area contributed by atoms with Crippen molar-refractivity contribution in [2.45, 2.75) is 136 Å². The molecule has 1 saturated heterocycles. The maximum Gasteiger partial charge on any atom is 0.186 e. The van der Waals surface area contributed by atoms with Gasteiger partial charge in [0.25, 0.3) is 0 Å². The fourth-order valence-electron chi connectivity index (χ4n) is 9.49.